The number of halogens is 1. The Bertz CT molecular complexity index is 1120. The molecule has 0 atom stereocenters. The number of hydrogen-bond acceptors (Lipinski definition) is 6. The van der Waals surface area contributed by atoms with E-state index in [0.29, 0.717) is 32.6 Å². The molecule has 2 heterocycles. The molecule has 0 saturated heterocycles. The molecule has 4 rings (SSSR count). The number of non-ortho nitro benzene ring substituents is 1. The van der Waals surface area contributed by atoms with Crippen molar-refractivity contribution in [3.63, 3.8) is 0 Å². The van der Waals surface area contributed by atoms with Crippen molar-refractivity contribution in [2.24, 2.45) is 0 Å². The average molecular weight is 338 g/mol. The number of aromatic nitrogens is 4. The lowest BCUT2D eigenvalue weighted by molar-refractivity contribution is -0.383. The summed E-state index contributed by atoms with van der Waals surface area (Å²) in [5, 5.41) is 20.6. The molecule has 0 aliphatic rings. The van der Waals surface area contributed by atoms with Crippen LogP contribution in [0.25, 0.3) is 33.1 Å². The Morgan fingerprint density at radius 3 is 2.62 bits per heavy atom. The first-order valence-corrected chi connectivity index (χ1v) is 7.33. The van der Waals surface area contributed by atoms with Crippen LogP contribution in [0.4, 0.5) is 5.69 Å². The molecule has 8 heteroatoms. The quantitative estimate of drug-likeness (QED) is 0.408. The van der Waals surface area contributed by atoms with Crippen molar-refractivity contribution in [2.75, 3.05) is 0 Å². The van der Waals surface area contributed by atoms with Gasteiger partial charge in [0.05, 0.1) is 27.7 Å². The van der Waals surface area contributed by atoms with E-state index in [2.05, 4.69) is 20.2 Å². The van der Waals surface area contributed by atoms with Crippen molar-refractivity contribution < 1.29 is 4.92 Å². The van der Waals surface area contributed by atoms with Crippen LogP contribution in [0.3, 0.4) is 0 Å². The first kappa shape index (κ1) is 14.4. The number of nitro benzene ring substituents is 1. The second kappa shape index (κ2) is 5.47. The summed E-state index contributed by atoms with van der Waals surface area (Å²) in [5.74, 6) is 0. The van der Waals surface area contributed by atoms with Crippen LogP contribution < -0.4 is 0 Å². The van der Waals surface area contributed by atoms with Crippen molar-refractivity contribution in [2.45, 2.75) is 0 Å². The molecule has 0 amide bonds. The third-order valence-electron chi connectivity index (χ3n) is 3.69. The molecule has 0 radical (unpaired) electrons. The maximum Gasteiger partial charge on any atom is 0.298 e. The Kier molecular flexibility index (Phi) is 3.28. The summed E-state index contributed by atoms with van der Waals surface area (Å²) >= 11 is 6.28. The zero-order valence-corrected chi connectivity index (χ0v) is 12.8. The van der Waals surface area contributed by atoms with Gasteiger partial charge in [0.1, 0.15) is 0 Å². The predicted octanol–water partition coefficient (Wildman–Crippen LogP) is 3.80. The van der Waals surface area contributed by atoms with Crippen LogP contribution in [0.5, 0.6) is 0 Å². The minimum Gasteiger partial charge on any atom is -0.258 e. The molecular formula is C16H8ClN5O2. The van der Waals surface area contributed by atoms with Crippen LogP contribution in [-0.4, -0.2) is 25.1 Å². The Morgan fingerprint density at radius 2 is 1.83 bits per heavy atom. The Balaban J connectivity index is 2.22. The fraction of sp³-hybridized carbons (Fsp3) is 0. The van der Waals surface area contributed by atoms with Crippen molar-refractivity contribution >= 4 is 39.1 Å². The van der Waals surface area contributed by atoms with E-state index in [0.717, 1.165) is 0 Å². The van der Waals surface area contributed by atoms with Crippen LogP contribution in [0.1, 0.15) is 0 Å². The summed E-state index contributed by atoms with van der Waals surface area (Å²) < 4.78 is 0. The van der Waals surface area contributed by atoms with E-state index in [1.54, 1.807) is 12.1 Å². The van der Waals surface area contributed by atoms with E-state index in [1.165, 1.54) is 24.7 Å². The van der Waals surface area contributed by atoms with E-state index in [9.17, 15) is 10.1 Å². The number of benzene rings is 2. The standard InChI is InChI=1S/C16H8ClN5O2/c17-12-4-2-1-3-9(12)14-10-7-13(22(23)24)16-11(8-20-21-16)15(10)19-6-5-18-14/h1-8H. The molecule has 0 spiro atoms. The van der Waals surface area contributed by atoms with Crippen molar-refractivity contribution in [1.82, 2.24) is 20.2 Å². The summed E-state index contributed by atoms with van der Waals surface area (Å²) in [5.41, 5.74) is 1.78. The van der Waals surface area contributed by atoms with Gasteiger partial charge in [-0.3, -0.25) is 20.1 Å². The molecule has 4 aromatic rings. The van der Waals surface area contributed by atoms with Crippen molar-refractivity contribution in [3.05, 3.63) is 64.1 Å². The number of rotatable bonds is 2. The number of nitro groups is 1. The zero-order valence-electron chi connectivity index (χ0n) is 12.0. The SMILES string of the molecule is O=[N+]([O-])c1cc2c(-c3ccccc3Cl)nccnc2c2cnnc12. The lowest BCUT2D eigenvalue weighted by Gasteiger charge is -2.05. The van der Waals surface area contributed by atoms with Gasteiger partial charge in [-0.05, 0) is 6.07 Å². The maximum atomic E-state index is 11.4. The van der Waals surface area contributed by atoms with E-state index < -0.39 is 4.92 Å². The molecule has 0 unspecified atom stereocenters. The van der Waals surface area contributed by atoms with Gasteiger partial charge in [0.25, 0.3) is 5.69 Å². The fourth-order valence-electron chi connectivity index (χ4n) is 2.65. The summed E-state index contributed by atoms with van der Waals surface area (Å²) in [7, 11) is 0. The summed E-state index contributed by atoms with van der Waals surface area (Å²) in [6, 6.07) is 8.60. The third-order valence-corrected chi connectivity index (χ3v) is 4.02. The minimum absolute atomic E-state index is 0.141. The number of fused-ring (bicyclic) bond motifs is 3. The van der Waals surface area contributed by atoms with E-state index in [1.807, 2.05) is 12.1 Å². The number of hydrogen-bond donors (Lipinski definition) is 0. The normalized spacial score (nSPS) is 11.0. The molecule has 0 saturated carbocycles. The summed E-state index contributed by atoms with van der Waals surface area (Å²) in [6.07, 6.45) is 4.52. The number of nitrogens with zero attached hydrogens (tertiary/aromatic N) is 5. The molecule has 0 aliphatic heterocycles. The monoisotopic (exact) mass is 337 g/mol. The summed E-state index contributed by atoms with van der Waals surface area (Å²) in [4.78, 5) is 19.7. The average Bonchev–Trinajstić information content (AvgIpc) is 2.96. The molecule has 0 aliphatic carbocycles. The molecule has 116 valence electrons. The molecule has 2 aromatic heterocycles. The largest absolute Gasteiger partial charge is 0.298 e. The highest BCUT2D eigenvalue weighted by Gasteiger charge is 2.21. The highest BCUT2D eigenvalue weighted by Crippen LogP contribution is 2.36. The van der Waals surface area contributed by atoms with Gasteiger partial charge in [-0.15, -0.1) is 5.10 Å². The predicted molar refractivity (Wildman–Crippen MR) is 89.7 cm³/mol. The van der Waals surface area contributed by atoms with Gasteiger partial charge in [0, 0.05) is 34.4 Å². The van der Waals surface area contributed by atoms with Crippen LogP contribution in [0, 0.1) is 10.1 Å². The fourth-order valence-corrected chi connectivity index (χ4v) is 2.88. The van der Waals surface area contributed by atoms with Crippen molar-refractivity contribution in [3.8, 4) is 11.3 Å². The lowest BCUT2D eigenvalue weighted by atomic mass is 10.0. The molecule has 2 aromatic carbocycles. The van der Waals surface area contributed by atoms with Crippen LogP contribution in [0.2, 0.25) is 5.02 Å². The van der Waals surface area contributed by atoms with E-state index in [4.69, 9.17) is 11.6 Å². The second-order valence-electron chi connectivity index (χ2n) is 5.04. The highest BCUT2D eigenvalue weighted by atomic mass is 35.5. The lowest BCUT2D eigenvalue weighted by Crippen LogP contribution is -1.92. The van der Waals surface area contributed by atoms with Gasteiger partial charge in [0.2, 0.25) is 0 Å². The Labute approximate surface area is 140 Å². The zero-order chi connectivity index (χ0) is 16.7. The molecule has 0 N–H and O–H groups in total. The molecule has 7 nitrogen and oxygen atoms in total. The minimum atomic E-state index is -0.486. The van der Waals surface area contributed by atoms with Gasteiger partial charge in [-0.25, -0.2) is 0 Å². The Morgan fingerprint density at radius 1 is 1.04 bits per heavy atom. The van der Waals surface area contributed by atoms with E-state index in [-0.39, 0.29) is 11.2 Å². The molecule has 0 bridgehead atoms. The van der Waals surface area contributed by atoms with Crippen LogP contribution >= 0.6 is 11.6 Å². The van der Waals surface area contributed by atoms with E-state index >= 15 is 0 Å². The van der Waals surface area contributed by atoms with Crippen LogP contribution in [0.15, 0.2) is 48.9 Å². The first-order chi connectivity index (χ1) is 11.7. The molecule has 24 heavy (non-hydrogen) atoms. The topological polar surface area (TPSA) is 94.7 Å². The molecular weight excluding hydrogens is 330 g/mol. The van der Waals surface area contributed by atoms with Gasteiger partial charge in [0.15, 0.2) is 5.52 Å². The smallest absolute Gasteiger partial charge is 0.258 e. The Hall–Kier alpha value is -3.19. The highest BCUT2D eigenvalue weighted by molar-refractivity contribution is 6.33. The molecule has 0 fully saturated rings. The van der Waals surface area contributed by atoms with Gasteiger partial charge >= 0.3 is 0 Å². The summed E-state index contributed by atoms with van der Waals surface area (Å²) in [6.45, 7) is 0. The maximum absolute atomic E-state index is 11.4. The first-order valence-electron chi connectivity index (χ1n) is 6.95. The second-order valence-corrected chi connectivity index (χ2v) is 5.45. The van der Waals surface area contributed by atoms with Crippen LogP contribution in [-0.2, 0) is 0 Å². The van der Waals surface area contributed by atoms with Crippen molar-refractivity contribution in [1.29, 1.82) is 0 Å². The van der Waals surface area contributed by atoms with Gasteiger partial charge in [-0.1, -0.05) is 29.8 Å². The van der Waals surface area contributed by atoms with Gasteiger partial charge < -0.3 is 0 Å². The third kappa shape index (κ3) is 2.14. The van der Waals surface area contributed by atoms with Gasteiger partial charge in [-0.2, -0.15) is 5.10 Å².